The maximum Gasteiger partial charge on any atom is 0.408 e. The van der Waals surface area contributed by atoms with Crippen molar-refractivity contribution in [1.82, 2.24) is 15.5 Å². The van der Waals surface area contributed by atoms with Gasteiger partial charge in [0.15, 0.2) is 0 Å². The summed E-state index contributed by atoms with van der Waals surface area (Å²) in [7, 11) is 1.21. The summed E-state index contributed by atoms with van der Waals surface area (Å²) in [5.74, 6) is -1.03. The number of aromatic hydroxyl groups is 1. The summed E-state index contributed by atoms with van der Waals surface area (Å²) >= 11 is 1.52. The number of carbonyl (C=O) groups excluding carboxylic acids is 4. The van der Waals surface area contributed by atoms with Gasteiger partial charge in [0.25, 0.3) is 0 Å². The number of nitrogens with zero attached hydrogens (tertiary/aromatic N) is 1. The van der Waals surface area contributed by atoms with E-state index in [1.807, 2.05) is 13.2 Å². The molecule has 208 valence electrons. The number of unbranched alkanes of at least 4 members (excludes halogenated alkanes) is 1. The molecule has 3 amide bonds. The van der Waals surface area contributed by atoms with Crippen LogP contribution in [0.25, 0.3) is 0 Å². The molecule has 1 aromatic carbocycles. The molecule has 0 aliphatic heterocycles. The van der Waals surface area contributed by atoms with Gasteiger partial charge in [0.05, 0.1) is 7.11 Å². The molecule has 3 N–H and O–H groups in total. The zero-order valence-electron chi connectivity index (χ0n) is 22.9. The molecular formula is C26H41N3O7S. The Balaban J connectivity index is 3.48. The second kappa shape index (κ2) is 15.3. The third-order valence-electron chi connectivity index (χ3n) is 5.37. The van der Waals surface area contributed by atoms with E-state index in [1.165, 1.54) is 29.8 Å². The lowest BCUT2D eigenvalue weighted by Gasteiger charge is -2.34. The summed E-state index contributed by atoms with van der Waals surface area (Å²) in [6.07, 6.45) is 2.85. The van der Waals surface area contributed by atoms with E-state index in [0.717, 1.165) is 6.42 Å². The smallest absolute Gasteiger partial charge is 0.408 e. The van der Waals surface area contributed by atoms with Gasteiger partial charge in [-0.25, -0.2) is 4.79 Å². The summed E-state index contributed by atoms with van der Waals surface area (Å²) in [6, 6.07) is 2.60. The van der Waals surface area contributed by atoms with Crippen molar-refractivity contribution >= 4 is 35.6 Å². The van der Waals surface area contributed by atoms with E-state index in [0.29, 0.717) is 29.7 Å². The van der Waals surface area contributed by atoms with Crippen LogP contribution in [0, 0.1) is 6.92 Å². The highest BCUT2D eigenvalue weighted by Crippen LogP contribution is 2.28. The van der Waals surface area contributed by atoms with E-state index >= 15 is 0 Å². The number of thioether (sulfide) groups is 1. The number of ether oxygens (including phenoxy) is 2. The summed E-state index contributed by atoms with van der Waals surface area (Å²) < 4.78 is 10.0. The molecule has 1 rings (SSSR count). The molecule has 0 saturated carbocycles. The average molecular weight is 540 g/mol. The topological polar surface area (TPSA) is 134 Å². The first-order valence-corrected chi connectivity index (χ1v) is 13.7. The van der Waals surface area contributed by atoms with Crippen molar-refractivity contribution in [2.24, 2.45) is 0 Å². The first kappa shape index (κ1) is 32.1. The van der Waals surface area contributed by atoms with Crippen LogP contribution in [-0.2, 0) is 23.9 Å². The molecule has 0 bridgehead atoms. The van der Waals surface area contributed by atoms with Crippen LogP contribution < -0.4 is 10.6 Å². The van der Waals surface area contributed by atoms with Gasteiger partial charge in [0.2, 0.25) is 11.8 Å². The summed E-state index contributed by atoms with van der Waals surface area (Å²) in [4.78, 5) is 53.1. The van der Waals surface area contributed by atoms with E-state index in [1.54, 1.807) is 39.8 Å². The lowest BCUT2D eigenvalue weighted by Crippen LogP contribution is -2.53. The molecule has 10 nitrogen and oxygen atoms in total. The molecular weight excluding hydrogens is 498 g/mol. The highest BCUT2D eigenvalue weighted by atomic mass is 32.2. The van der Waals surface area contributed by atoms with Crippen LogP contribution >= 0.6 is 11.8 Å². The quantitative estimate of drug-likeness (QED) is 0.325. The van der Waals surface area contributed by atoms with Crippen molar-refractivity contribution < 1.29 is 33.8 Å². The van der Waals surface area contributed by atoms with E-state index in [2.05, 4.69) is 15.4 Å². The van der Waals surface area contributed by atoms with Crippen molar-refractivity contribution in [1.29, 1.82) is 0 Å². The molecule has 0 saturated heterocycles. The fourth-order valence-electron chi connectivity index (χ4n) is 3.49. The average Bonchev–Trinajstić information content (AvgIpc) is 2.82. The second-order valence-electron chi connectivity index (χ2n) is 9.61. The Labute approximate surface area is 223 Å². The highest BCUT2D eigenvalue weighted by Gasteiger charge is 2.36. The Hall–Kier alpha value is -2.95. The lowest BCUT2D eigenvalue weighted by atomic mass is 9.99. The summed E-state index contributed by atoms with van der Waals surface area (Å²) in [5.41, 5.74) is 0.235. The van der Waals surface area contributed by atoms with Gasteiger partial charge < -0.3 is 30.1 Å². The van der Waals surface area contributed by atoms with Crippen LogP contribution in [0.3, 0.4) is 0 Å². The minimum Gasteiger partial charge on any atom is -0.508 e. The first-order chi connectivity index (χ1) is 17.3. The van der Waals surface area contributed by atoms with E-state index in [4.69, 9.17) is 4.74 Å². The third-order valence-corrected chi connectivity index (χ3v) is 6.01. The SMILES string of the molecule is CCCCN(C(=O)C(CCSC)NC(=O)OC(C)(C)C)C(C(=O)NCC(=O)OC)c1ccc(O)c(C)c1. The molecule has 11 heteroatoms. The first-order valence-electron chi connectivity index (χ1n) is 12.3. The largest absolute Gasteiger partial charge is 0.508 e. The van der Waals surface area contributed by atoms with Crippen LogP contribution in [0.1, 0.15) is 64.1 Å². The Morgan fingerprint density at radius 2 is 1.86 bits per heavy atom. The number of carbonyl (C=O) groups is 4. The Bertz CT molecular complexity index is 933. The fourth-order valence-corrected chi connectivity index (χ4v) is 3.96. The van der Waals surface area contributed by atoms with Crippen molar-refractivity contribution in [2.45, 2.75) is 71.6 Å². The van der Waals surface area contributed by atoms with Gasteiger partial charge >= 0.3 is 12.1 Å². The number of rotatable bonds is 13. The highest BCUT2D eigenvalue weighted by molar-refractivity contribution is 7.98. The van der Waals surface area contributed by atoms with Crippen LogP contribution in [0.15, 0.2) is 18.2 Å². The molecule has 2 unspecified atom stereocenters. The van der Waals surface area contributed by atoms with E-state index in [9.17, 15) is 24.3 Å². The number of alkyl carbamates (subject to hydrolysis) is 1. The molecule has 2 atom stereocenters. The van der Waals surface area contributed by atoms with E-state index in [-0.39, 0.29) is 18.8 Å². The van der Waals surface area contributed by atoms with E-state index < -0.39 is 41.6 Å². The third kappa shape index (κ3) is 10.9. The fraction of sp³-hybridized carbons (Fsp3) is 0.615. The monoisotopic (exact) mass is 539 g/mol. The number of phenols is 1. The predicted octanol–water partition coefficient (Wildman–Crippen LogP) is 3.31. The molecule has 1 aromatic rings. The number of amides is 3. The van der Waals surface area contributed by atoms with Crippen molar-refractivity contribution in [2.75, 3.05) is 32.2 Å². The molecule has 37 heavy (non-hydrogen) atoms. The van der Waals surface area contributed by atoms with Gasteiger partial charge in [-0.2, -0.15) is 11.8 Å². The van der Waals surface area contributed by atoms with Crippen LogP contribution in [0.5, 0.6) is 5.75 Å². The number of phenolic OH excluding ortho intramolecular Hbond substituents is 1. The van der Waals surface area contributed by atoms with Crippen molar-refractivity contribution in [3.8, 4) is 5.75 Å². The molecule has 0 fully saturated rings. The minimum atomic E-state index is -1.11. The van der Waals surface area contributed by atoms with Crippen molar-refractivity contribution in [3.63, 3.8) is 0 Å². The van der Waals surface area contributed by atoms with Gasteiger partial charge in [-0.1, -0.05) is 19.4 Å². The van der Waals surface area contributed by atoms with Gasteiger partial charge in [-0.15, -0.1) is 0 Å². The predicted molar refractivity (Wildman–Crippen MR) is 143 cm³/mol. The Morgan fingerprint density at radius 3 is 2.41 bits per heavy atom. The molecule has 0 aliphatic carbocycles. The summed E-state index contributed by atoms with van der Waals surface area (Å²) in [6.45, 7) is 8.70. The molecule has 0 aliphatic rings. The number of hydrogen-bond donors (Lipinski definition) is 3. The van der Waals surface area contributed by atoms with Gasteiger partial charge in [0.1, 0.15) is 30.0 Å². The maximum absolute atomic E-state index is 13.9. The Morgan fingerprint density at radius 1 is 1.19 bits per heavy atom. The number of benzene rings is 1. The van der Waals surface area contributed by atoms with Gasteiger partial charge in [-0.05, 0) is 75.8 Å². The normalized spacial score (nSPS) is 12.7. The molecule has 0 spiro atoms. The van der Waals surface area contributed by atoms with Crippen LogP contribution in [0.2, 0.25) is 0 Å². The van der Waals surface area contributed by atoms with Crippen LogP contribution in [-0.4, -0.2) is 77.7 Å². The number of esters is 1. The van der Waals surface area contributed by atoms with Crippen LogP contribution in [0.4, 0.5) is 4.79 Å². The zero-order valence-corrected chi connectivity index (χ0v) is 23.7. The van der Waals surface area contributed by atoms with Gasteiger partial charge in [-0.3, -0.25) is 14.4 Å². The number of methoxy groups -OCH3 is 1. The standard InChI is InChI=1S/C26H41N3O7S/c1-8-9-13-29(24(33)19(12-14-37-7)28-25(34)36-26(3,4)5)22(23(32)27-16-21(31)35-6)18-10-11-20(30)17(2)15-18/h10-11,15,19,22,30H,8-9,12-14,16H2,1-7H3,(H,27,32)(H,28,34). The van der Waals surface area contributed by atoms with Gasteiger partial charge in [0, 0.05) is 6.54 Å². The Kier molecular flexibility index (Phi) is 13.3. The minimum absolute atomic E-state index is 0.0494. The summed E-state index contributed by atoms with van der Waals surface area (Å²) in [5, 5.41) is 15.3. The number of nitrogens with one attached hydrogen (secondary N) is 2. The number of hydrogen-bond acceptors (Lipinski definition) is 8. The zero-order chi connectivity index (χ0) is 28.2. The maximum atomic E-state index is 13.9. The molecule has 0 aromatic heterocycles. The number of aryl methyl sites for hydroxylation is 1. The lowest BCUT2D eigenvalue weighted by molar-refractivity contribution is -0.144. The molecule has 0 heterocycles. The van der Waals surface area contributed by atoms with Crippen molar-refractivity contribution in [3.05, 3.63) is 29.3 Å². The second-order valence-corrected chi connectivity index (χ2v) is 10.6. The molecule has 0 radical (unpaired) electrons.